The van der Waals surface area contributed by atoms with Crippen LogP contribution in [-0.2, 0) is 0 Å². The smallest absolute Gasteiger partial charge is 0.272 e. The number of fused-ring (bicyclic) bond motifs is 2. The number of likely N-dealkylation sites (tertiary alicyclic amines) is 1. The van der Waals surface area contributed by atoms with E-state index in [1.807, 2.05) is 4.90 Å². The maximum Gasteiger partial charge on any atom is 0.272 e. The molecule has 1 amide bonds. The summed E-state index contributed by atoms with van der Waals surface area (Å²) in [4.78, 5) is 18.4. The minimum atomic E-state index is -0.405. The van der Waals surface area contributed by atoms with Crippen LogP contribution in [0.25, 0.3) is 0 Å². The summed E-state index contributed by atoms with van der Waals surface area (Å²) in [5.74, 6) is 0.154. The van der Waals surface area contributed by atoms with Crippen LogP contribution in [0, 0.1) is 11.7 Å². The molecule has 5 heteroatoms. The molecule has 3 bridgehead atoms. The molecular formula is C14H16FN3O. The molecule has 0 saturated carbocycles. The van der Waals surface area contributed by atoms with E-state index in [1.165, 1.54) is 25.0 Å². The number of carbonyl (C=O) groups is 1. The third-order valence-corrected chi connectivity index (χ3v) is 4.71. The van der Waals surface area contributed by atoms with Crippen LogP contribution in [0.1, 0.15) is 29.8 Å². The van der Waals surface area contributed by atoms with E-state index in [0.29, 0.717) is 29.7 Å². The van der Waals surface area contributed by atoms with Crippen molar-refractivity contribution < 1.29 is 9.18 Å². The van der Waals surface area contributed by atoms with Crippen LogP contribution in [0.2, 0.25) is 0 Å². The second-order valence-electron chi connectivity index (χ2n) is 5.93. The first-order valence-corrected chi connectivity index (χ1v) is 6.89. The molecule has 19 heavy (non-hydrogen) atoms. The van der Waals surface area contributed by atoms with Crippen LogP contribution in [0.3, 0.4) is 0 Å². The number of hydrogen-bond donors (Lipinski definition) is 1. The van der Waals surface area contributed by atoms with Crippen molar-refractivity contribution >= 4 is 5.91 Å². The number of carbonyl (C=O) groups excluding carboxylic acids is 1. The summed E-state index contributed by atoms with van der Waals surface area (Å²) in [6, 6.07) is 4.10. The standard InChI is InChI=1S/C14H16FN3O/c15-9-1-2-11(16-6-9)14(19)18-7-8-3-10-5-13(18)12(4-8)17-10/h1-2,6,8,10,12-13,17H,3-5,7H2/t8-,10+,12-,13-/m0/s1. The highest BCUT2D eigenvalue weighted by atomic mass is 19.1. The first-order valence-electron chi connectivity index (χ1n) is 6.89. The third-order valence-electron chi connectivity index (χ3n) is 4.71. The van der Waals surface area contributed by atoms with Gasteiger partial charge in [0.15, 0.2) is 0 Å². The molecule has 0 aromatic carbocycles. The van der Waals surface area contributed by atoms with Gasteiger partial charge in [-0.25, -0.2) is 9.37 Å². The summed E-state index contributed by atoms with van der Waals surface area (Å²) >= 11 is 0. The van der Waals surface area contributed by atoms with Gasteiger partial charge in [0.05, 0.1) is 6.20 Å². The molecule has 3 aliphatic heterocycles. The molecule has 1 aromatic rings. The van der Waals surface area contributed by atoms with Crippen LogP contribution in [0.5, 0.6) is 0 Å². The summed E-state index contributed by atoms with van der Waals surface area (Å²) in [5, 5.41) is 3.59. The Kier molecular flexibility index (Phi) is 2.39. The summed E-state index contributed by atoms with van der Waals surface area (Å²) < 4.78 is 12.9. The summed E-state index contributed by atoms with van der Waals surface area (Å²) in [7, 11) is 0. The van der Waals surface area contributed by atoms with Crippen molar-refractivity contribution in [3.05, 3.63) is 29.8 Å². The maximum atomic E-state index is 12.9. The molecule has 100 valence electrons. The van der Waals surface area contributed by atoms with Crippen LogP contribution < -0.4 is 5.32 Å². The topological polar surface area (TPSA) is 45.2 Å². The molecule has 4 atom stereocenters. The first-order chi connectivity index (χ1) is 9.20. The van der Waals surface area contributed by atoms with E-state index >= 15 is 0 Å². The molecule has 0 spiro atoms. The number of hydrogen-bond acceptors (Lipinski definition) is 3. The second kappa shape index (κ2) is 4.00. The number of nitrogens with zero attached hydrogens (tertiary/aromatic N) is 2. The number of halogens is 1. The highest BCUT2D eigenvalue weighted by Gasteiger charge is 2.49. The van der Waals surface area contributed by atoms with Gasteiger partial charge < -0.3 is 10.2 Å². The van der Waals surface area contributed by atoms with E-state index in [2.05, 4.69) is 10.3 Å². The van der Waals surface area contributed by atoms with Gasteiger partial charge in [0.1, 0.15) is 11.5 Å². The number of nitrogens with one attached hydrogen (secondary N) is 1. The molecular weight excluding hydrogens is 245 g/mol. The van der Waals surface area contributed by atoms with Gasteiger partial charge in [0.25, 0.3) is 5.91 Å². The molecule has 1 aromatic heterocycles. The zero-order chi connectivity index (χ0) is 13.0. The number of piperidine rings is 2. The predicted octanol–water partition coefficient (Wildman–Crippen LogP) is 1.19. The number of pyridine rings is 1. The van der Waals surface area contributed by atoms with Gasteiger partial charge in [-0.2, -0.15) is 0 Å². The van der Waals surface area contributed by atoms with E-state index in [4.69, 9.17) is 0 Å². The van der Waals surface area contributed by atoms with E-state index in [9.17, 15) is 9.18 Å². The Balaban J connectivity index is 1.62. The fourth-order valence-corrected chi connectivity index (χ4v) is 3.97. The Labute approximate surface area is 111 Å². The van der Waals surface area contributed by atoms with Crippen molar-refractivity contribution in [2.45, 2.75) is 37.4 Å². The Morgan fingerprint density at radius 3 is 3.05 bits per heavy atom. The minimum absolute atomic E-state index is 0.0518. The zero-order valence-corrected chi connectivity index (χ0v) is 10.6. The molecule has 1 N–H and O–H groups in total. The van der Waals surface area contributed by atoms with E-state index in [-0.39, 0.29) is 5.91 Å². The fourth-order valence-electron chi connectivity index (χ4n) is 3.97. The van der Waals surface area contributed by atoms with Crippen molar-refractivity contribution in [3.8, 4) is 0 Å². The molecule has 0 aliphatic carbocycles. The van der Waals surface area contributed by atoms with Crippen LogP contribution >= 0.6 is 0 Å². The van der Waals surface area contributed by atoms with Gasteiger partial charge in [0.2, 0.25) is 0 Å². The molecule has 0 radical (unpaired) electrons. The van der Waals surface area contributed by atoms with Gasteiger partial charge >= 0.3 is 0 Å². The first kappa shape index (κ1) is 11.3. The number of amides is 1. The van der Waals surface area contributed by atoms with Crippen molar-refractivity contribution in [3.63, 3.8) is 0 Å². The molecule has 4 heterocycles. The lowest BCUT2D eigenvalue weighted by Gasteiger charge is -2.42. The maximum absolute atomic E-state index is 12.9. The van der Waals surface area contributed by atoms with Gasteiger partial charge in [-0.1, -0.05) is 0 Å². The molecule has 4 rings (SSSR count). The highest BCUT2D eigenvalue weighted by molar-refractivity contribution is 5.92. The third kappa shape index (κ3) is 1.75. The van der Waals surface area contributed by atoms with Gasteiger partial charge in [-0.05, 0) is 37.3 Å². The van der Waals surface area contributed by atoms with Crippen molar-refractivity contribution in [2.24, 2.45) is 5.92 Å². The Morgan fingerprint density at radius 1 is 1.37 bits per heavy atom. The normalized spacial score (nSPS) is 35.7. The van der Waals surface area contributed by atoms with Crippen molar-refractivity contribution in [1.29, 1.82) is 0 Å². The lowest BCUT2D eigenvalue weighted by molar-refractivity contribution is 0.0498. The molecule has 0 unspecified atom stereocenters. The van der Waals surface area contributed by atoms with Crippen LogP contribution in [-0.4, -0.2) is 40.5 Å². The fraction of sp³-hybridized carbons (Fsp3) is 0.571. The molecule has 3 fully saturated rings. The molecule has 3 aliphatic rings. The van der Waals surface area contributed by atoms with Crippen LogP contribution in [0.4, 0.5) is 4.39 Å². The van der Waals surface area contributed by atoms with Gasteiger partial charge in [0, 0.05) is 24.7 Å². The number of aromatic nitrogens is 1. The summed E-state index contributed by atoms with van der Waals surface area (Å²) in [5.41, 5.74) is 0.353. The Hall–Kier alpha value is -1.49. The quantitative estimate of drug-likeness (QED) is 0.826. The monoisotopic (exact) mass is 261 g/mol. The molecule has 4 nitrogen and oxygen atoms in total. The van der Waals surface area contributed by atoms with Crippen molar-refractivity contribution in [1.82, 2.24) is 15.2 Å². The lowest BCUT2D eigenvalue weighted by atomic mass is 9.88. The minimum Gasteiger partial charge on any atom is -0.332 e. The predicted molar refractivity (Wildman–Crippen MR) is 67.1 cm³/mol. The largest absolute Gasteiger partial charge is 0.332 e. The SMILES string of the molecule is O=C(c1ccc(F)cn1)N1C[C@H]2C[C@@H]3C[C@H]1[C@H](C2)N3. The van der Waals surface area contributed by atoms with E-state index in [1.54, 1.807) is 0 Å². The highest BCUT2D eigenvalue weighted by Crippen LogP contribution is 2.39. The average Bonchev–Trinajstić information content (AvgIpc) is 2.62. The van der Waals surface area contributed by atoms with E-state index in [0.717, 1.165) is 19.2 Å². The zero-order valence-electron chi connectivity index (χ0n) is 10.6. The van der Waals surface area contributed by atoms with Crippen LogP contribution in [0.15, 0.2) is 18.3 Å². The summed E-state index contributed by atoms with van der Waals surface area (Å²) in [6.45, 7) is 0.831. The second-order valence-corrected chi connectivity index (χ2v) is 5.93. The van der Waals surface area contributed by atoms with Gasteiger partial charge in [-0.3, -0.25) is 4.79 Å². The molecule has 3 saturated heterocycles. The number of rotatable bonds is 1. The van der Waals surface area contributed by atoms with E-state index < -0.39 is 5.82 Å². The van der Waals surface area contributed by atoms with Crippen molar-refractivity contribution in [2.75, 3.05) is 6.54 Å². The average molecular weight is 261 g/mol. The summed E-state index contributed by atoms with van der Waals surface area (Å²) in [6.07, 6.45) is 4.52. The Bertz CT molecular complexity index is 516. The Morgan fingerprint density at radius 2 is 2.26 bits per heavy atom. The van der Waals surface area contributed by atoms with Gasteiger partial charge in [-0.15, -0.1) is 0 Å². The lowest BCUT2D eigenvalue weighted by Crippen LogP contribution is -2.56.